The largest absolute Gasteiger partial charge is 0.465 e. The maximum atomic E-state index is 12.3. The van der Waals surface area contributed by atoms with E-state index in [1.54, 1.807) is 11.1 Å². The molecule has 0 saturated heterocycles. The van der Waals surface area contributed by atoms with E-state index < -0.39 is 0 Å². The Labute approximate surface area is 223 Å². The maximum absolute atomic E-state index is 12.3. The molecule has 0 radical (unpaired) electrons. The fraction of sp³-hybridized carbons (Fsp3) is 0.812. The predicted molar refractivity (Wildman–Crippen MR) is 143 cm³/mol. The third-order valence-electron chi connectivity index (χ3n) is 12.5. The Morgan fingerprint density at radius 3 is 2.51 bits per heavy atom. The highest BCUT2D eigenvalue weighted by Gasteiger charge is 2.65. The van der Waals surface area contributed by atoms with E-state index in [4.69, 9.17) is 9.47 Å². The second kappa shape index (κ2) is 8.96. The van der Waals surface area contributed by atoms with Crippen LogP contribution in [0.25, 0.3) is 0 Å². The molecule has 0 aromatic carbocycles. The SMILES string of the molecule is CC(=O)OC[C@]12CC[C@H](O)C(C)(C)[C@@H]1CCC1=C2CC[C@]2(C)[C@@H]([C@H](C)C3CC=C(C)C(=O)O3)CC[C@@]12C. The molecule has 5 rings (SSSR count). The van der Waals surface area contributed by atoms with Crippen LogP contribution in [0.4, 0.5) is 0 Å². The molecule has 0 bridgehead atoms. The van der Waals surface area contributed by atoms with E-state index in [-0.39, 0.29) is 45.8 Å². The number of cyclic esters (lactones) is 1. The van der Waals surface area contributed by atoms with E-state index in [9.17, 15) is 14.7 Å². The number of aliphatic hydroxyl groups excluding tert-OH is 1. The van der Waals surface area contributed by atoms with Gasteiger partial charge in [-0.3, -0.25) is 4.79 Å². The van der Waals surface area contributed by atoms with Crippen molar-refractivity contribution in [3.05, 3.63) is 22.8 Å². The van der Waals surface area contributed by atoms with Crippen molar-refractivity contribution in [1.82, 2.24) is 0 Å². The molecule has 0 spiro atoms. The first-order valence-corrected chi connectivity index (χ1v) is 14.7. The zero-order chi connectivity index (χ0) is 27.0. The standard InChI is InChI=1S/C32H48O5/c1-19-8-10-25(37-28(19)35)20(2)22-12-15-31(7)23-9-11-26-29(4,5)27(34)14-17-32(26,18-36-21(3)33)24(23)13-16-30(22,31)6/h8,20,22,25-27,34H,9-18H2,1-7H3/t20-,22+,25?,26-,27-,30+,31-,32-/m0/s1. The number of carbonyl (C=O) groups is 2. The zero-order valence-electron chi connectivity index (χ0n) is 24.1. The lowest BCUT2D eigenvalue weighted by Crippen LogP contribution is -2.57. The minimum absolute atomic E-state index is 0.0394. The lowest BCUT2D eigenvalue weighted by molar-refractivity contribution is -0.156. The number of esters is 2. The first kappa shape index (κ1) is 27.0. The molecule has 5 nitrogen and oxygen atoms in total. The molecule has 37 heavy (non-hydrogen) atoms. The van der Waals surface area contributed by atoms with E-state index in [2.05, 4.69) is 40.7 Å². The quantitative estimate of drug-likeness (QED) is 0.342. The fourth-order valence-electron chi connectivity index (χ4n) is 10.0. The summed E-state index contributed by atoms with van der Waals surface area (Å²) < 4.78 is 11.8. The highest BCUT2D eigenvalue weighted by Crippen LogP contribution is 2.72. The molecular formula is C32H48O5. The predicted octanol–water partition coefficient (Wildman–Crippen LogP) is 6.54. The molecule has 5 aliphatic rings. The number of fused-ring (bicyclic) bond motifs is 4. The van der Waals surface area contributed by atoms with E-state index in [1.165, 1.54) is 6.92 Å². The molecule has 0 amide bonds. The van der Waals surface area contributed by atoms with Gasteiger partial charge in [0.25, 0.3) is 0 Å². The van der Waals surface area contributed by atoms with Crippen molar-refractivity contribution in [3.63, 3.8) is 0 Å². The van der Waals surface area contributed by atoms with Crippen LogP contribution in [0.1, 0.15) is 106 Å². The number of allylic oxidation sites excluding steroid dienone is 1. The van der Waals surface area contributed by atoms with Gasteiger partial charge in [-0.1, -0.05) is 51.8 Å². The van der Waals surface area contributed by atoms with Crippen LogP contribution in [0.15, 0.2) is 22.8 Å². The first-order valence-electron chi connectivity index (χ1n) is 14.7. The Hall–Kier alpha value is -1.62. The van der Waals surface area contributed by atoms with Gasteiger partial charge in [-0.15, -0.1) is 0 Å². The molecule has 1 heterocycles. The summed E-state index contributed by atoms with van der Waals surface area (Å²) in [4.78, 5) is 24.4. The van der Waals surface area contributed by atoms with Crippen LogP contribution < -0.4 is 0 Å². The monoisotopic (exact) mass is 512 g/mol. The molecule has 1 unspecified atom stereocenters. The third kappa shape index (κ3) is 3.80. The van der Waals surface area contributed by atoms with Gasteiger partial charge in [0, 0.05) is 24.3 Å². The molecule has 1 aliphatic heterocycles. The molecular weight excluding hydrogens is 464 g/mol. The summed E-state index contributed by atoms with van der Waals surface area (Å²) in [7, 11) is 0. The minimum Gasteiger partial charge on any atom is -0.465 e. The van der Waals surface area contributed by atoms with Crippen LogP contribution in [0.3, 0.4) is 0 Å². The van der Waals surface area contributed by atoms with Crippen molar-refractivity contribution in [2.45, 2.75) is 118 Å². The maximum Gasteiger partial charge on any atom is 0.333 e. The smallest absolute Gasteiger partial charge is 0.333 e. The van der Waals surface area contributed by atoms with E-state index in [0.29, 0.717) is 24.4 Å². The number of carbonyl (C=O) groups excluding carboxylic acids is 2. The van der Waals surface area contributed by atoms with Crippen molar-refractivity contribution in [2.75, 3.05) is 6.61 Å². The van der Waals surface area contributed by atoms with Gasteiger partial charge in [-0.2, -0.15) is 0 Å². The Morgan fingerprint density at radius 1 is 1.11 bits per heavy atom. The molecule has 2 saturated carbocycles. The third-order valence-corrected chi connectivity index (χ3v) is 12.5. The van der Waals surface area contributed by atoms with Crippen LogP contribution in [0.5, 0.6) is 0 Å². The molecule has 5 heteroatoms. The normalized spacial score (nSPS) is 43.7. The average molecular weight is 513 g/mol. The van der Waals surface area contributed by atoms with Crippen molar-refractivity contribution in [2.24, 2.45) is 39.4 Å². The molecule has 0 aromatic rings. The van der Waals surface area contributed by atoms with Crippen LogP contribution >= 0.6 is 0 Å². The fourth-order valence-corrected chi connectivity index (χ4v) is 10.0. The van der Waals surface area contributed by atoms with Crippen LogP contribution in [0.2, 0.25) is 0 Å². The van der Waals surface area contributed by atoms with Crippen molar-refractivity contribution >= 4 is 11.9 Å². The summed E-state index contributed by atoms with van der Waals surface area (Å²) in [6, 6.07) is 0. The van der Waals surface area contributed by atoms with Gasteiger partial charge in [0.1, 0.15) is 12.7 Å². The lowest BCUT2D eigenvalue weighted by atomic mass is 9.43. The molecule has 1 N–H and O–H groups in total. The number of hydrogen-bond donors (Lipinski definition) is 1. The summed E-state index contributed by atoms with van der Waals surface area (Å²) in [6.07, 6.45) is 10.8. The van der Waals surface area contributed by atoms with Crippen LogP contribution in [0, 0.1) is 39.4 Å². The summed E-state index contributed by atoms with van der Waals surface area (Å²) in [5, 5.41) is 11.0. The number of hydrogen-bond acceptors (Lipinski definition) is 5. The van der Waals surface area contributed by atoms with Gasteiger partial charge in [0.15, 0.2) is 0 Å². The minimum atomic E-state index is -0.317. The van der Waals surface area contributed by atoms with Gasteiger partial charge in [-0.05, 0) is 92.3 Å². The van der Waals surface area contributed by atoms with Crippen molar-refractivity contribution in [3.8, 4) is 0 Å². The van der Waals surface area contributed by atoms with Crippen molar-refractivity contribution < 1.29 is 24.2 Å². The number of aliphatic hydroxyl groups is 1. The molecule has 2 fully saturated rings. The lowest BCUT2D eigenvalue weighted by Gasteiger charge is -2.62. The summed E-state index contributed by atoms with van der Waals surface area (Å²) in [5.74, 6) is 0.760. The summed E-state index contributed by atoms with van der Waals surface area (Å²) in [6.45, 7) is 15.6. The van der Waals surface area contributed by atoms with E-state index >= 15 is 0 Å². The zero-order valence-corrected chi connectivity index (χ0v) is 24.1. The molecule has 0 aromatic heterocycles. The summed E-state index contributed by atoms with van der Waals surface area (Å²) in [5.41, 5.74) is 3.78. The van der Waals surface area contributed by atoms with Gasteiger partial charge in [-0.25, -0.2) is 4.79 Å². The Kier molecular flexibility index (Phi) is 6.53. The molecule has 4 aliphatic carbocycles. The highest BCUT2D eigenvalue weighted by molar-refractivity contribution is 5.88. The molecule has 206 valence electrons. The Morgan fingerprint density at radius 2 is 1.84 bits per heavy atom. The van der Waals surface area contributed by atoms with Gasteiger partial charge >= 0.3 is 11.9 Å². The second-order valence-corrected chi connectivity index (χ2v) is 14.2. The second-order valence-electron chi connectivity index (χ2n) is 14.2. The number of rotatable bonds is 4. The number of ether oxygens (including phenoxy) is 2. The molecule has 8 atom stereocenters. The average Bonchev–Trinajstić information content (AvgIpc) is 3.13. The Bertz CT molecular complexity index is 1040. The van der Waals surface area contributed by atoms with Gasteiger partial charge in [0.2, 0.25) is 0 Å². The summed E-state index contributed by atoms with van der Waals surface area (Å²) >= 11 is 0. The van der Waals surface area contributed by atoms with E-state index in [0.717, 1.165) is 63.4 Å². The Balaban J connectivity index is 1.52. The van der Waals surface area contributed by atoms with Gasteiger partial charge in [0.05, 0.1) is 6.10 Å². The van der Waals surface area contributed by atoms with Crippen molar-refractivity contribution in [1.29, 1.82) is 0 Å². The van der Waals surface area contributed by atoms with E-state index in [1.807, 2.05) is 6.92 Å². The van der Waals surface area contributed by atoms with Crippen LogP contribution in [-0.2, 0) is 19.1 Å². The van der Waals surface area contributed by atoms with Gasteiger partial charge < -0.3 is 14.6 Å². The first-order chi connectivity index (χ1) is 17.3. The highest BCUT2D eigenvalue weighted by atomic mass is 16.5. The topological polar surface area (TPSA) is 72.8 Å². The van der Waals surface area contributed by atoms with Crippen LogP contribution in [-0.4, -0.2) is 35.9 Å².